The molecule has 0 radical (unpaired) electrons. The molecule has 0 spiro atoms. The number of nitrogens with zero attached hydrogens (tertiary/aromatic N) is 4. The lowest BCUT2D eigenvalue weighted by atomic mass is 10.1. The van der Waals surface area contributed by atoms with Gasteiger partial charge in [-0.2, -0.15) is 19.6 Å². The number of benzene rings is 1. The second-order valence-electron chi connectivity index (χ2n) is 9.55. The van der Waals surface area contributed by atoms with E-state index in [4.69, 9.17) is 19.4 Å². The Morgan fingerprint density at radius 2 is 2.03 bits per heavy atom. The van der Waals surface area contributed by atoms with Crippen molar-refractivity contribution in [2.75, 3.05) is 25.0 Å². The Kier molecular flexibility index (Phi) is 7.33. The van der Waals surface area contributed by atoms with Crippen molar-refractivity contribution in [3.05, 3.63) is 41.6 Å². The minimum atomic E-state index is -0.0124. The maximum absolute atomic E-state index is 6.18. The number of aromatic nitrogens is 4. The van der Waals surface area contributed by atoms with Gasteiger partial charge in [0.25, 0.3) is 0 Å². The number of fused-ring (bicyclic) bond motifs is 1. The van der Waals surface area contributed by atoms with Gasteiger partial charge in [-0.25, -0.2) is 0 Å². The summed E-state index contributed by atoms with van der Waals surface area (Å²) in [6.45, 7) is 13.2. The fourth-order valence-electron chi connectivity index (χ4n) is 3.91. The summed E-state index contributed by atoms with van der Waals surface area (Å²) in [5.41, 5.74) is 2.96. The summed E-state index contributed by atoms with van der Waals surface area (Å²) in [5.74, 6) is 2.26. The molecule has 1 fully saturated rings. The molecule has 33 heavy (non-hydrogen) atoms. The lowest BCUT2D eigenvalue weighted by Gasteiger charge is -2.23. The normalized spacial score (nSPS) is 17.5. The van der Waals surface area contributed by atoms with Crippen LogP contribution in [0.3, 0.4) is 0 Å². The molecule has 2 aromatic heterocycles. The van der Waals surface area contributed by atoms with Crippen molar-refractivity contribution in [1.29, 1.82) is 0 Å². The number of nitrogens with one attached hydrogen (secondary N) is 2. The van der Waals surface area contributed by atoms with E-state index < -0.39 is 0 Å². The van der Waals surface area contributed by atoms with Gasteiger partial charge in [-0.3, -0.25) is 0 Å². The first-order valence-electron chi connectivity index (χ1n) is 12.0. The van der Waals surface area contributed by atoms with E-state index in [1.54, 1.807) is 4.52 Å². The minimum Gasteiger partial charge on any atom is -0.493 e. The number of piperidine rings is 1. The molecule has 0 bridgehead atoms. The van der Waals surface area contributed by atoms with Crippen molar-refractivity contribution >= 4 is 11.6 Å². The first-order valence-corrected chi connectivity index (χ1v) is 12.0. The Morgan fingerprint density at radius 1 is 1.18 bits per heavy atom. The van der Waals surface area contributed by atoms with Crippen LogP contribution in [-0.4, -0.2) is 45.4 Å². The van der Waals surface area contributed by atoms with Crippen molar-refractivity contribution in [2.24, 2.45) is 5.92 Å². The Hall–Kier alpha value is -2.87. The summed E-state index contributed by atoms with van der Waals surface area (Å²) in [4.78, 5) is 9.44. The largest absolute Gasteiger partial charge is 0.493 e. The predicted molar refractivity (Wildman–Crippen MR) is 130 cm³/mol. The van der Waals surface area contributed by atoms with Gasteiger partial charge < -0.3 is 20.1 Å². The molecule has 0 saturated carbocycles. The molecule has 2 N–H and O–H groups in total. The van der Waals surface area contributed by atoms with Crippen LogP contribution in [0.25, 0.3) is 5.65 Å². The zero-order valence-electron chi connectivity index (χ0n) is 20.3. The van der Waals surface area contributed by atoms with Crippen LogP contribution in [0.15, 0.2) is 30.5 Å². The van der Waals surface area contributed by atoms with E-state index in [0.29, 0.717) is 30.4 Å². The quantitative estimate of drug-likeness (QED) is 0.491. The molecule has 178 valence electrons. The van der Waals surface area contributed by atoms with Gasteiger partial charge in [0.05, 0.1) is 18.8 Å². The third-order valence-electron chi connectivity index (χ3n) is 5.81. The van der Waals surface area contributed by atoms with E-state index in [1.807, 2.05) is 18.3 Å². The molecule has 2 atom stereocenters. The molecule has 0 unspecified atom stereocenters. The molecule has 1 aliphatic rings. The van der Waals surface area contributed by atoms with Crippen LogP contribution < -0.4 is 20.1 Å². The molecule has 0 amide bonds. The third kappa shape index (κ3) is 5.74. The summed E-state index contributed by atoms with van der Waals surface area (Å²) < 4.78 is 13.9. The van der Waals surface area contributed by atoms with E-state index in [1.165, 1.54) is 0 Å². The molecule has 1 aliphatic heterocycles. The van der Waals surface area contributed by atoms with Gasteiger partial charge in [0, 0.05) is 12.1 Å². The smallest absolute Gasteiger partial charge is 0.322 e. The Balaban J connectivity index is 1.61. The standard InChI is InChI=1S/C25H36N6O2/c1-16(2)15-32-20-9-6-8-19(12-20)18(5)28-24-30-25(33-21-10-7-11-26-13-21)29-23-22(17(3)4)14-27-31(23)24/h6,8-9,12,14,16-18,21,26H,7,10-11,13,15H2,1-5H3,(H,28,29,30)/t18-,21+/m0/s1. The number of anilines is 1. The zero-order valence-corrected chi connectivity index (χ0v) is 20.3. The average Bonchev–Trinajstić information content (AvgIpc) is 3.23. The highest BCUT2D eigenvalue weighted by molar-refractivity contribution is 5.53. The zero-order chi connectivity index (χ0) is 23.4. The number of rotatable bonds is 9. The van der Waals surface area contributed by atoms with E-state index in [9.17, 15) is 0 Å². The highest BCUT2D eigenvalue weighted by Gasteiger charge is 2.21. The van der Waals surface area contributed by atoms with E-state index in [0.717, 1.165) is 48.5 Å². The van der Waals surface area contributed by atoms with Gasteiger partial charge in [0.2, 0.25) is 5.95 Å². The summed E-state index contributed by atoms with van der Waals surface area (Å²) in [6.07, 6.45) is 4.04. The van der Waals surface area contributed by atoms with Gasteiger partial charge >= 0.3 is 6.01 Å². The maximum atomic E-state index is 6.18. The Bertz CT molecular complexity index is 1060. The molecule has 1 saturated heterocycles. The van der Waals surface area contributed by atoms with Crippen molar-refractivity contribution in [1.82, 2.24) is 24.9 Å². The van der Waals surface area contributed by atoms with Crippen LogP contribution in [-0.2, 0) is 0 Å². The molecule has 3 aromatic rings. The molecule has 3 heterocycles. The van der Waals surface area contributed by atoms with Crippen molar-refractivity contribution in [2.45, 2.75) is 65.5 Å². The number of ether oxygens (including phenoxy) is 2. The lowest BCUT2D eigenvalue weighted by molar-refractivity contribution is 0.153. The topological polar surface area (TPSA) is 85.6 Å². The molecule has 8 heteroatoms. The molecule has 0 aliphatic carbocycles. The summed E-state index contributed by atoms with van der Waals surface area (Å²) in [6, 6.07) is 8.56. The van der Waals surface area contributed by atoms with Crippen LogP contribution in [0.2, 0.25) is 0 Å². The van der Waals surface area contributed by atoms with Crippen molar-refractivity contribution in [3.8, 4) is 11.8 Å². The fraction of sp³-hybridized carbons (Fsp3) is 0.560. The fourth-order valence-corrected chi connectivity index (χ4v) is 3.91. The Labute approximate surface area is 196 Å². The second kappa shape index (κ2) is 10.4. The maximum Gasteiger partial charge on any atom is 0.322 e. The van der Waals surface area contributed by atoms with Crippen LogP contribution in [0, 0.1) is 5.92 Å². The van der Waals surface area contributed by atoms with E-state index >= 15 is 0 Å². The SMILES string of the molecule is CC(C)COc1cccc([C@H](C)Nc2nc(O[C@@H]3CCCNC3)nc3c(C(C)C)cnn23)c1. The first-order chi connectivity index (χ1) is 15.9. The monoisotopic (exact) mass is 452 g/mol. The molecule has 1 aromatic carbocycles. The van der Waals surface area contributed by atoms with Crippen molar-refractivity contribution in [3.63, 3.8) is 0 Å². The van der Waals surface area contributed by atoms with Crippen LogP contribution in [0.5, 0.6) is 11.8 Å². The van der Waals surface area contributed by atoms with Crippen LogP contribution in [0.4, 0.5) is 5.95 Å². The minimum absolute atomic E-state index is 0.0124. The van der Waals surface area contributed by atoms with E-state index in [-0.39, 0.29) is 12.1 Å². The molecular formula is C25H36N6O2. The average molecular weight is 453 g/mol. The number of hydrogen-bond acceptors (Lipinski definition) is 7. The van der Waals surface area contributed by atoms with Gasteiger partial charge in [-0.05, 0) is 55.8 Å². The lowest BCUT2D eigenvalue weighted by Crippen LogP contribution is -2.37. The summed E-state index contributed by atoms with van der Waals surface area (Å²) in [7, 11) is 0. The molecule has 4 rings (SSSR count). The van der Waals surface area contributed by atoms with E-state index in [2.05, 4.69) is 62.5 Å². The second-order valence-corrected chi connectivity index (χ2v) is 9.55. The summed E-state index contributed by atoms with van der Waals surface area (Å²) >= 11 is 0. The van der Waals surface area contributed by atoms with Crippen LogP contribution >= 0.6 is 0 Å². The van der Waals surface area contributed by atoms with Gasteiger partial charge in [-0.15, -0.1) is 0 Å². The third-order valence-corrected chi connectivity index (χ3v) is 5.81. The molecule has 8 nitrogen and oxygen atoms in total. The predicted octanol–water partition coefficient (Wildman–Crippen LogP) is 4.59. The highest BCUT2D eigenvalue weighted by Crippen LogP contribution is 2.27. The van der Waals surface area contributed by atoms with Gasteiger partial charge in [0.1, 0.15) is 11.9 Å². The Morgan fingerprint density at radius 3 is 2.76 bits per heavy atom. The first kappa shape index (κ1) is 23.3. The highest BCUT2D eigenvalue weighted by atomic mass is 16.5. The molecular weight excluding hydrogens is 416 g/mol. The van der Waals surface area contributed by atoms with Gasteiger partial charge in [0.15, 0.2) is 5.65 Å². The van der Waals surface area contributed by atoms with Crippen molar-refractivity contribution < 1.29 is 9.47 Å². The number of hydrogen-bond donors (Lipinski definition) is 2. The van der Waals surface area contributed by atoms with Gasteiger partial charge in [-0.1, -0.05) is 39.8 Å². The van der Waals surface area contributed by atoms with Crippen LogP contribution in [0.1, 0.15) is 70.5 Å². The summed E-state index contributed by atoms with van der Waals surface area (Å²) in [5, 5.41) is 11.5.